The van der Waals surface area contributed by atoms with Crippen molar-refractivity contribution in [3.63, 3.8) is 0 Å². The number of thiophene rings is 1. The van der Waals surface area contributed by atoms with Crippen molar-refractivity contribution in [3.8, 4) is 0 Å². The Morgan fingerprint density at radius 1 is 1.53 bits per heavy atom. The Morgan fingerprint density at radius 3 is 3.00 bits per heavy atom. The maximum atomic E-state index is 4.34. The van der Waals surface area contributed by atoms with Gasteiger partial charge in [0.2, 0.25) is 0 Å². The molecule has 0 aromatic carbocycles. The Kier molecular flexibility index (Phi) is 3.78. The maximum Gasteiger partial charge on any atom is 0.0853 e. The molecular formula is C14H18BrN3S. The van der Waals surface area contributed by atoms with Gasteiger partial charge < -0.3 is 5.32 Å². The van der Waals surface area contributed by atoms with Crippen LogP contribution in [0.4, 0.5) is 0 Å². The lowest BCUT2D eigenvalue weighted by Crippen LogP contribution is -2.23. The van der Waals surface area contributed by atoms with Gasteiger partial charge in [0.15, 0.2) is 0 Å². The summed E-state index contributed by atoms with van der Waals surface area (Å²) in [6, 6.07) is 2.63. The quantitative estimate of drug-likeness (QED) is 0.924. The Balaban J connectivity index is 2.00. The van der Waals surface area contributed by atoms with Crippen LogP contribution in [0.2, 0.25) is 0 Å². The van der Waals surface area contributed by atoms with Crippen LogP contribution in [-0.4, -0.2) is 16.3 Å². The van der Waals surface area contributed by atoms with Crippen LogP contribution in [0.15, 0.2) is 16.7 Å². The second-order valence-electron chi connectivity index (χ2n) is 4.94. The summed E-state index contributed by atoms with van der Waals surface area (Å²) in [4.78, 5) is 2.99. The Hall–Kier alpha value is -0.650. The van der Waals surface area contributed by atoms with Crippen LogP contribution in [0.1, 0.15) is 40.4 Å². The SMILES string of the molecule is CCNC(c1cc2c(s1)CCC2)c1c(Br)cnn1C. The molecule has 1 aliphatic carbocycles. The number of hydrogen-bond acceptors (Lipinski definition) is 3. The molecule has 19 heavy (non-hydrogen) atoms. The molecule has 3 rings (SSSR count). The first-order valence-corrected chi connectivity index (χ1v) is 8.34. The monoisotopic (exact) mass is 339 g/mol. The van der Waals surface area contributed by atoms with E-state index in [2.05, 4.69) is 39.3 Å². The van der Waals surface area contributed by atoms with Gasteiger partial charge in [-0.2, -0.15) is 5.10 Å². The van der Waals surface area contributed by atoms with Gasteiger partial charge in [-0.1, -0.05) is 6.92 Å². The van der Waals surface area contributed by atoms with Crippen LogP contribution in [0.25, 0.3) is 0 Å². The summed E-state index contributed by atoms with van der Waals surface area (Å²) in [5, 5.41) is 7.93. The first-order valence-electron chi connectivity index (χ1n) is 6.73. The summed E-state index contributed by atoms with van der Waals surface area (Å²) in [7, 11) is 2.01. The van der Waals surface area contributed by atoms with E-state index in [1.54, 1.807) is 10.4 Å². The van der Waals surface area contributed by atoms with Crippen molar-refractivity contribution < 1.29 is 0 Å². The lowest BCUT2D eigenvalue weighted by Gasteiger charge is -2.17. The van der Waals surface area contributed by atoms with Gasteiger partial charge in [-0.15, -0.1) is 11.3 Å². The standard InChI is InChI=1S/C14H18BrN3S/c1-3-16-13(14-10(15)8-17-18(14)2)12-7-9-5-4-6-11(9)19-12/h7-8,13,16H,3-6H2,1-2H3. The van der Waals surface area contributed by atoms with Crippen LogP contribution in [-0.2, 0) is 19.9 Å². The molecule has 0 fully saturated rings. The molecular weight excluding hydrogens is 322 g/mol. The van der Waals surface area contributed by atoms with Gasteiger partial charge in [-0.05, 0) is 53.4 Å². The highest BCUT2D eigenvalue weighted by Gasteiger charge is 2.24. The number of aryl methyl sites for hydroxylation is 3. The molecule has 102 valence electrons. The number of nitrogens with one attached hydrogen (secondary N) is 1. The average Bonchev–Trinajstić information content (AvgIpc) is 3.02. The van der Waals surface area contributed by atoms with E-state index in [1.165, 1.54) is 29.8 Å². The zero-order chi connectivity index (χ0) is 13.4. The Labute approximate surface area is 126 Å². The minimum atomic E-state index is 0.238. The predicted molar refractivity (Wildman–Crippen MR) is 82.8 cm³/mol. The van der Waals surface area contributed by atoms with Gasteiger partial charge in [0.1, 0.15) is 0 Å². The maximum absolute atomic E-state index is 4.34. The molecule has 1 N–H and O–H groups in total. The lowest BCUT2D eigenvalue weighted by atomic mass is 10.1. The van der Waals surface area contributed by atoms with E-state index in [-0.39, 0.29) is 6.04 Å². The molecule has 0 saturated heterocycles. The summed E-state index contributed by atoms with van der Waals surface area (Å²) in [6.07, 6.45) is 5.70. The predicted octanol–water partition coefficient (Wildman–Crippen LogP) is 3.43. The highest BCUT2D eigenvalue weighted by molar-refractivity contribution is 9.10. The van der Waals surface area contributed by atoms with Crippen molar-refractivity contribution in [2.45, 2.75) is 32.2 Å². The number of aromatic nitrogens is 2. The fourth-order valence-corrected chi connectivity index (χ4v) is 4.69. The van der Waals surface area contributed by atoms with Crippen LogP contribution in [0.5, 0.6) is 0 Å². The molecule has 1 unspecified atom stereocenters. The van der Waals surface area contributed by atoms with Crippen molar-refractivity contribution in [2.75, 3.05) is 6.54 Å². The van der Waals surface area contributed by atoms with E-state index < -0.39 is 0 Å². The van der Waals surface area contributed by atoms with Crippen LogP contribution < -0.4 is 5.32 Å². The average molecular weight is 340 g/mol. The van der Waals surface area contributed by atoms with Crippen molar-refractivity contribution in [1.29, 1.82) is 0 Å². The zero-order valence-corrected chi connectivity index (χ0v) is 13.6. The molecule has 0 amide bonds. The molecule has 2 heterocycles. The second kappa shape index (κ2) is 5.38. The molecule has 1 aliphatic rings. The highest BCUT2D eigenvalue weighted by atomic mass is 79.9. The third-order valence-electron chi connectivity index (χ3n) is 3.67. The fraction of sp³-hybridized carbons (Fsp3) is 0.500. The van der Waals surface area contributed by atoms with Crippen molar-refractivity contribution in [1.82, 2.24) is 15.1 Å². The van der Waals surface area contributed by atoms with E-state index >= 15 is 0 Å². The summed E-state index contributed by atoms with van der Waals surface area (Å²) in [5.74, 6) is 0. The number of nitrogens with zero attached hydrogens (tertiary/aromatic N) is 2. The molecule has 5 heteroatoms. The summed E-state index contributed by atoms with van der Waals surface area (Å²) in [5.41, 5.74) is 2.77. The van der Waals surface area contributed by atoms with Gasteiger partial charge in [0.05, 0.1) is 22.4 Å². The van der Waals surface area contributed by atoms with E-state index in [1.807, 2.05) is 29.3 Å². The van der Waals surface area contributed by atoms with Crippen molar-refractivity contribution in [2.24, 2.45) is 7.05 Å². The normalized spacial score (nSPS) is 15.7. The Bertz CT molecular complexity index is 547. The van der Waals surface area contributed by atoms with E-state index in [9.17, 15) is 0 Å². The molecule has 3 nitrogen and oxygen atoms in total. The first-order chi connectivity index (χ1) is 9.20. The topological polar surface area (TPSA) is 29.9 Å². The Morgan fingerprint density at radius 2 is 2.37 bits per heavy atom. The molecule has 0 bridgehead atoms. The molecule has 1 atom stereocenters. The number of fused-ring (bicyclic) bond motifs is 1. The van der Waals surface area contributed by atoms with Crippen molar-refractivity contribution in [3.05, 3.63) is 37.7 Å². The highest BCUT2D eigenvalue weighted by Crippen LogP contribution is 2.37. The van der Waals surface area contributed by atoms with E-state index in [0.29, 0.717) is 0 Å². The van der Waals surface area contributed by atoms with Crippen LogP contribution >= 0.6 is 27.3 Å². The first kappa shape index (κ1) is 13.3. The summed E-state index contributed by atoms with van der Waals surface area (Å²) < 4.78 is 3.04. The largest absolute Gasteiger partial charge is 0.305 e. The number of rotatable bonds is 4. The van der Waals surface area contributed by atoms with Crippen molar-refractivity contribution >= 4 is 27.3 Å². The van der Waals surface area contributed by atoms with Gasteiger partial charge in [0, 0.05) is 16.8 Å². The fourth-order valence-electron chi connectivity index (χ4n) is 2.78. The third-order valence-corrected chi connectivity index (χ3v) is 5.58. The van der Waals surface area contributed by atoms with Gasteiger partial charge >= 0.3 is 0 Å². The molecule has 0 aliphatic heterocycles. The summed E-state index contributed by atoms with van der Waals surface area (Å²) >= 11 is 5.58. The minimum Gasteiger partial charge on any atom is -0.305 e. The van der Waals surface area contributed by atoms with Gasteiger partial charge in [0.25, 0.3) is 0 Å². The van der Waals surface area contributed by atoms with Crippen LogP contribution in [0.3, 0.4) is 0 Å². The zero-order valence-electron chi connectivity index (χ0n) is 11.2. The van der Waals surface area contributed by atoms with Gasteiger partial charge in [-0.25, -0.2) is 0 Å². The molecule has 2 aromatic heterocycles. The van der Waals surface area contributed by atoms with Crippen LogP contribution in [0, 0.1) is 0 Å². The minimum absolute atomic E-state index is 0.238. The smallest absolute Gasteiger partial charge is 0.0853 e. The number of halogens is 1. The van der Waals surface area contributed by atoms with Gasteiger partial charge in [-0.3, -0.25) is 4.68 Å². The molecule has 0 spiro atoms. The van der Waals surface area contributed by atoms with E-state index in [4.69, 9.17) is 0 Å². The molecule has 0 saturated carbocycles. The lowest BCUT2D eigenvalue weighted by molar-refractivity contribution is 0.577. The summed E-state index contributed by atoms with van der Waals surface area (Å²) in [6.45, 7) is 3.10. The molecule has 2 aromatic rings. The second-order valence-corrected chi connectivity index (χ2v) is 6.97. The number of hydrogen-bond donors (Lipinski definition) is 1. The third kappa shape index (κ3) is 2.39. The van der Waals surface area contributed by atoms with E-state index in [0.717, 1.165) is 11.0 Å². The molecule has 0 radical (unpaired) electrons.